The molecule has 0 aliphatic rings. The van der Waals surface area contributed by atoms with E-state index in [2.05, 4.69) is 0 Å². The number of anilines is 1. The number of hydrogen-bond donors (Lipinski definition) is 2. The molecule has 0 aliphatic carbocycles. The van der Waals surface area contributed by atoms with Crippen molar-refractivity contribution in [1.29, 1.82) is 0 Å². The smallest absolute Gasteiger partial charge is 0.146 e. The molecule has 0 fully saturated rings. The van der Waals surface area contributed by atoms with Gasteiger partial charge in [0.05, 0.1) is 5.69 Å². The Labute approximate surface area is 67.0 Å². The first-order valence-corrected chi connectivity index (χ1v) is 3.33. The maximum Gasteiger partial charge on any atom is 0.146 e. The Hall–Kier alpha value is -1.09. The van der Waals surface area contributed by atoms with Crippen LogP contribution in [0.1, 0.15) is 8.35 Å². The summed E-state index contributed by atoms with van der Waals surface area (Å²) < 4.78 is 12.2. The van der Waals surface area contributed by atoms with Crippen LogP contribution in [0.3, 0.4) is 0 Å². The molecule has 64 valence electrons. The Morgan fingerprint density at radius 1 is 1.55 bits per heavy atom. The molecule has 0 radical (unpaired) electrons. The number of benzene rings is 1. The van der Waals surface area contributed by atoms with Gasteiger partial charge in [0.2, 0.25) is 0 Å². The first-order valence-electron chi connectivity index (χ1n) is 3.33. The van der Waals surface area contributed by atoms with E-state index in [0.29, 0.717) is 0 Å². The number of nitrogen functional groups attached to an aromatic ring is 1. The van der Waals surface area contributed by atoms with Crippen LogP contribution in [-0.2, 0) is 0 Å². The van der Waals surface area contributed by atoms with E-state index in [-0.39, 0.29) is 19.5 Å². The van der Waals surface area contributed by atoms with E-state index in [4.69, 9.17) is 10.8 Å². The maximum atomic E-state index is 12.2. The Morgan fingerprint density at radius 3 is 2.27 bits per heavy atom. The average Bonchev–Trinajstić information content (AvgIpc) is 1.97. The van der Waals surface area contributed by atoms with Gasteiger partial charge in [0.1, 0.15) is 5.82 Å². The molecule has 0 saturated heterocycles. The summed E-state index contributed by atoms with van der Waals surface area (Å²) in [6.07, 6.45) is 0. The van der Waals surface area contributed by atoms with Crippen LogP contribution < -0.4 is 5.73 Å². The molecule has 3 N–H and O–H groups in total. The summed E-state index contributed by atoms with van der Waals surface area (Å²) in [6, 6.07) is 6.15. The number of aliphatic hydroxyl groups is 1. The molecular weight excluding hydrogens is 145 g/mol. The second kappa shape index (κ2) is 5.68. The van der Waals surface area contributed by atoms with Crippen molar-refractivity contribution in [3.05, 3.63) is 30.1 Å². The SMILES string of the molecule is CCO.Nc1ccccc1F.[HH]. The maximum absolute atomic E-state index is 12.2. The van der Waals surface area contributed by atoms with E-state index in [0.717, 1.165) is 0 Å². The summed E-state index contributed by atoms with van der Waals surface area (Å²) in [5.41, 5.74) is 5.35. The predicted octanol–water partition coefficient (Wildman–Crippen LogP) is 1.65. The van der Waals surface area contributed by atoms with E-state index in [1.807, 2.05) is 0 Å². The van der Waals surface area contributed by atoms with Crippen LogP contribution in [0, 0.1) is 5.82 Å². The highest BCUT2D eigenvalue weighted by Gasteiger charge is 1.89. The van der Waals surface area contributed by atoms with Gasteiger partial charge in [0, 0.05) is 8.03 Å². The third-order valence-electron chi connectivity index (χ3n) is 0.905. The number of halogens is 1. The zero-order valence-electron chi connectivity index (χ0n) is 6.42. The largest absolute Gasteiger partial charge is 0.397 e. The molecule has 11 heavy (non-hydrogen) atoms. The van der Waals surface area contributed by atoms with Gasteiger partial charge in [-0.25, -0.2) is 4.39 Å². The molecule has 0 bridgehead atoms. The van der Waals surface area contributed by atoms with Gasteiger partial charge in [-0.3, -0.25) is 0 Å². The Bertz CT molecular complexity index is 187. The summed E-state index contributed by atoms with van der Waals surface area (Å²) in [5.74, 6) is -0.354. The van der Waals surface area contributed by atoms with Crippen molar-refractivity contribution in [2.75, 3.05) is 12.3 Å². The quantitative estimate of drug-likeness (QED) is 0.565. The van der Waals surface area contributed by atoms with Crippen molar-refractivity contribution in [2.45, 2.75) is 6.92 Å². The van der Waals surface area contributed by atoms with Crippen LogP contribution in [0.4, 0.5) is 10.1 Å². The van der Waals surface area contributed by atoms with Crippen molar-refractivity contribution >= 4 is 5.69 Å². The van der Waals surface area contributed by atoms with Crippen molar-refractivity contribution in [3.63, 3.8) is 0 Å². The molecule has 0 unspecified atom stereocenters. The second-order valence-corrected chi connectivity index (χ2v) is 1.84. The fraction of sp³-hybridized carbons (Fsp3) is 0.250. The van der Waals surface area contributed by atoms with Gasteiger partial charge in [-0.15, -0.1) is 0 Å². The second-order valence-electron chi connectivity index (χ2n) is 1.84. The molecule has 1 aromatic carbocycles. The lowest BCUT2D eigenvalue weighted by molar-refractivity contribution is 0.318. The molecule has 0 saturated carbocycles. The molecule has 0 spiro atoms. The molecule has 0 atom stereocenters. The first kappa shape index (κ1) is 9.91. The number of rotatable bonds is 0. The standard InChI is InChI=1S/C6H6FN.C2H6O.H2/c7-5-3-1-2-4-6(5)8;1-2-3;/h1-4H,8H2;3H,2H2,1H3;1H. The van der Waals surface area contributed by atoms with Crippen LogP contribution in [0.5, 0.6) is 0 Å². The zero-order valence-corrected chi connectivity index (χ0v) is 6.42. The third-order valence-corrected chi connectivity index (χ3v) is 0.905. The van der Waals surface area contributed by atoms with Gasteiger partial charge in [0.15, 0.2) is 0 Å². The minimum Gasteiger partial charge on any atom is -0.397 e. The van der Waals surface area contributed by atoms with Gasteiger partial charge in [-0.2, -0.15) is 0 Å². The van der Waals surface area contributed by atoms with Crippen LogP contribution >= 0.6 is 0 Å². The van der Waals surface area contributed by atoms with E-state index in [1.54, 1.807) is 19.1 Å². The molecule has 1 aromatic rings. The Kier molecular flexibility index (Phi) is 5.11. The molecular formula is C8H14FNO. The van der Waals surface area contributed by atoms with Crippen molar-refractivity contribution in [1.82, 2.24) is 0 Å². The van der Waals surface area contributed by atoms with Gasteiger partial charge < -0.3 is 10.8 Å². The lowest BCUT2D eigenvalue weighted by Gasteiger charge is -1.89. The monoisotopic (exact) mass is 159 g/mol. The molecule has 2 nitrogen and oxygen atoms in total. The number of aliphatic hydroxyl groups excluding tert-OH is 1. The first-order chi connectivity index (χ1) is 5.22. The van der Waals surface area contributed by atoms with Crippen molar-refractivity contribution in [2.24, 2.45) is 0 Å². The lowest BCUT2D eigenvalue weighted by atomic mass is 10.3. The van der Waals surface area contributed by atoms with E-state index < -0.39 is 0 Å². The van der Waals surface area contributed by atoms with Crippen molar-refractivity contribution < 1.29 is 10.9 Å². The molecule has 0 amide bonds. The highest BCUT2D eigenvalue weighted by Crippen LogP contribution is 2.05. The summed E-state index contributed by atoms with van der Waals surface area (Å²) in [7, 11) is 0. The van der Waals surface area contributed by atoms with Crippen LogP contribution in [0.2, 0.25) is 0 Å². The minimum absolute atomic E-state index is 0. The molecule has 3 heteroatoms. The molecule has 0 aromatic heterocycles. The zero-order chi connectivity index (χ0) is 8.69. The number of para-hydroxylation sites is 1. The Balaban J connectivity index is 0. The third kappa shape index (κ3) is 4.33. The fourth-order valence-corrected chi connectivity index (χ4v) is 0.475. The summed E-state index contributed by atoms with van der Waals surface area (Å²) in [6.45, 7) is 1.93. The number of hydrogen-bond acceptors (Lipinski definition) is 2. The highest BCUT2D eigenvalue weighted by molar-refractivity contribution is 5.38. The fourth-order valence-electron chi connectivity index (χ4n) is 0.475. The Morgan fingerprint density at radius 2 is 2.00 bits per heavy atom. The summed E-state index contributed by atoms with van der Waals surface area (Å²) >= 11 is 0. The topological polar surface area (TPSA) is 46.2 Å². The van der Waals surface area contributed by atoms with E-state index in [1.165, 1.54) is 12.1 Å². The van der Waals surface area contributed by atoms with Gasteiger partial charge in [-0.1, -0.05) is 12.1 Å². The summed E-state index contributed by atoms with van der Waals surface area (Å²) in [4.78, 5) is 0. The molecule has 0 heterocycles. The van der Waals surface area contributed by atoms with Crippen LogP contribution in [-0.4, -0.2) is 11.7 Å². The summed E-state index contributed by atoms with van der Waals surface area (Å²) in [5, 5.41) is 7.57. The van der Waals surface area contributed by atoms with Crippen LogP contribution in [0.15, 0.2) is 24.3 Å². The lowest BCUT2D eigenvalue weighted by Crippen LogP contribution is -1.86. The van der Waals surface area contributed by atoms with Crippen LogP contribution in [0.25, 0.3) is 0 Å². The van der Waals surface area contributed by atoms with Crippen molar-refractivity contribution in [3.8, 4) is 0 Å². The van der Waals surface area contributed by atoms with Gasteiger partial charge in [0.25, 0.3) is 0 Å². The van der Waals surface area contributed by atoms with E-state index in [9.17, 15) is 4.39 Å². The average molecular weight is 159 g/mol. The minimum atomic E-state index is -0.354. The molecule has 0 aliphatic heterocycles. The van der Waals surface area contributed by atoms with E-state index >= 15 is 0 Å². The predicted molar refractivity (Wildman–Crippen MR) is 45.7 cm³/mol. The van der Waals surface area contributed by atoms with Gasteiger partial charge >= 0.3 is 0 Å². The normalized spacial score (nSPS) is 8.27. The van der Waals surface area contributed by atoms with Gasteiger partial charge in [-0.05, 0) is 19.1 Å². The number of nitrogens with two attached hydrogens (primary N) is 1. The molecule has 1 rings (SSSR count). The highest BCUT2D eigenvalue weighted by atomic mass is 19.1.